The van der Waals surface area contributed by atoms with E-state index in [4.69, 9.17) is 0 Å². The van der Waals surface area contributed by atoms with E-state index in [2.05, 4.69) is 43.4 Å². The lowest BCUT2D eigenvalue weighted by molar-refractivity contribution is -0.129. The van der Waals surface area contributed by atoms with Crippen LogP contribution >= 0.6 is 12.4 Å². The maximum atomic E-state index is 11.9. The van der Waals surface area contributed by atoms with Gasteiger partial charge in [-0.25, -0.2) is 0 Å². The van der Waals surface area contributed by atoms with E-state index >= 15 is 0 Å². The summed E-state index contributed by atoms with van der Waals surface area (Å²) < 4.78 is 0. The second-order valence-corrected chi connectivity index (χ2v) is 5.32. The van der Waals surface area contributed by atoms with Crippen LogP contribution in [-0.2, 0) is 11.2 Å². The molecule has 1 aromatic carbocycles. The molecule has 114 valence electrons. The van der Waals surface area contributed by atoms with Crippen LogP contribution in [0.2, 0.25) is 0 Å². The first-order valence-electron chi connectivity index (χ1n) is 7.02. The molecule has 0 atom stereocenters. The third-order valence-corrected chi connectivity index (χ3v) is 3.40. The highest BCUT2D eigenvalue weighted by atomic mass is 35.5. The molecule has 0 bridgehead atoms. The number of nitrogens with one attached hydrogen (secondary N) is 1. The van der Waals surface area contributed by atoms with E-state index in [1.54, 1.807) is 4.90 Å². The van der Waals surface area contributed by atoms with Crippen molar-refractivity contribution < 1.29 is 4.79 Å². The average molecular weight is 299 g/mol. The molecule has 0 aliphatic rings. The van der Waals surface area contributed by atoms with E-state index in [0.29, 0.717) is 12.3 Å². The van der Waals surface area contributed by atoms with Gasteiger partial charge in [0, 0.05) is 26.6 Å². The van der Waals surface area contributed by atoms with Crippen LogP contribution in [0.25, 0.3) is 0 Å². The van der Waals surface area contributed by atoms with Crippen molar-refractivity contribution >= 4 is 18.3 Å². The minimum Gasteiger partial charge on any atom is -0.344 e. The molecule has 1 rings (SSSR count). The van der Waals surface area contributed by atoms with Gasteiger partial charge >= 0.3 is 0 Å². The first-order valence-corrected chi connectivity index (χ1v) is 7.02. The highest BCUT2D eigenvalue weighted by Gasteiger charge is 2.08. The Hall–Kier alpha value is -1.06. The summed E-state index contributed by atoms with van der Waals surface area (Å²) in [6.45, 7) is 5.98. The summed E-state index contributed by atoms with van der Waals surface area (Å²) in [5.74, 6) is 0.770. The number of benzene rings is 1. The van der Waals surface area contributed by atoms with Crippen molar-refractivity contribution in [3.8, 4) is 0 Å². The summed E-state index contributed by atoms with van der Waals surface area (Å²) in [7, 11) is 3.76. The number of likely N-dealkylation sites (N-methyl/N-ethyl adjacent to an activating group) is 2. The zero-order valence-corrected chi connectivity index (χ0v) is 13.8. The summed E-state index contributed by atoms with van der Waals surface area (Å²) in [4.78, 5) is 13.7. The topological polar surface area (TPSA) is 32.3 Å². The quantitative estimate of drug-likeness (QED) is 0.839. The Morgan fingerprint density at radius 2 is 1.85 bits per heavy atom. The smallest absolute Gasteiger partial charge is 0.222 e. The monoisotopic (exact) mass is 298 g/mol. The SMILES string of the molecule is CNCCN(C)C(=O)CCc1ccc(C(C)C)cc1.Cl. The Morgan fingerprint density at radius 1 is 1.25 bits per heavy atom. The predicted molar refractivity (Wildman–Crippen MR) is 87.7 cm³/mol. The maximum Gasteiger partial charge on any atom is 0.222 e. The number of carbonyl (C=O) groups excluding carboxylic acids is 1. The van der Waals surface area contributed by atoms with Crippen LogP contribution in [0.5, 0.6) is 0 Å². The number of aryl methyl sites for hydroxylation is 1. The van der Waals surface area contributed by atoms with E-state index in [1.807, 2.05) is 14.1 Å². The fourth-order valence-corrected chi connectivity index (χ4v) is 1.92. The van der Waals surface area contributed by atoms with Gasteiger partial charge in [0.15, 0.2) is 0 Å². The molecule has 1 aromatic rings. The molecule has 0 aliphatic heterocycles. The number of carbonyl (C=O) groups is 1. The molecule has 1 amide bonds. The zero-order valence-electron chi connectivity index (χ0n) is 13.0. The normalized spacial score (nSPS) is 10.2. The number of amides is 1. The Labute approximate surface area is 129 Å². The van der Waals surface area contributed by atoms with Gasteiger partial charge in [0.25, 0.3) is 0 Å². The predicted octanol–water partition coefficient (Wildman–Crippen LogP) is 2.84. The molecular weight excluding hydrogens is 272 g/mol. The highest BCUT2D eigenvalue weighted by molar-refractivity contribution is 5.85. The van der Waals surface area contributed by atoms with Gasteiger partial charge in [-0.05, 0) is 30.5 Å². The van der Waals surface area contributed by atoms with Gasteiger partial charge in [-0.15, -0.1) is 12.4 Å². The molecule has 0 saturated heterocycles. The van der Waals surface area contributed by atoms with E-state index in [0.717, 1.165) is 19.5 Å². The molecule has 20 heavy (non-hydrogen) atoms. The summed E-state index contributed by atoms with van der Waals surface area (Å²) >= 11 is 0. The van der Waals surface area contributed by atoms with Crippen LogP contribution in [0.15, 0.2) is 24.3 Å². The zero-order chi connectivity index (χ0) is 14.3. The fourth-order valence-electron chi connectivity index (χ4n) is 1.92. The molecule has 0 fully saturated rings. The molecule has 0 aromatic heterocycles. The number of halogens is 1. The minimum atomic E-state index is 0. The van der Waals surface area contributed by atoms with Crippen molar-refractivity contribution in [1.29, 1.82) is 0 Å². The first kappa shape index (κ1) is 18.9. The third-order valence-electron chi connectivity index (χ3n) is 3.40. The van der Waals surface area contributed by atoms with Crippen molar-refractivity contribution in [2.45, 2.75) is 32.6 Å². The van der Waals surface area contributed by atoms with Gasteiger partial charge in [-0.1, -0.05) is 38.1 Å². The summed E-state index contributed by atoms with van der Waals surface area (Å²) in [5.41, 5.74) is 2.58. The minimum absolute atomic E-state index is 0. The van der Waals surface area contributed by atoms with Crippen LogP contribution in [0.4, 0.5) is 0 Å². The molecule has 3 nitrogen and oxygen atoms in total. The molecule has 0 heterocycles. The maximum absolute atomic E-state index is 11.9. The van der Waals surface area contributed by atoms with Crippen molar-refractivity contribution in [1.82, 2.24) is 10.2 Å². The molecule has 1 N–H and O–H groups in total. The van der Waals surface area contributed by atoms with Gasteiger partial charge in [-0.3, -0.25) is 4.79 Å². The largest absolute Gasteiger partial charge is 0.344 e. The number of hydrogen-bond donors (Lipinski definition) is 1. The number of rotatable bonds is 7. The lowest BCUT2D eigenvalue weighted by atomic mass is 10.0. The summed E-state index contributed by atoms with van der Waals surface area (Å²) in [6.07, 6.45) is 1.41. The Bertz CT molecular complexity index is 390. The summed E-state index contributed by atoms with van der Waals surface area (Å²) in [5, 5.41) is 3.05. The van der Waals surface area contributed by atoms with E-state index in [-0.39, 0.29) is 18.3 Å². The second-order valence-electron chi connectivity index (χ2n) is 5.32. The van der Waals surface area contributed by atoms with Crippen molar-refractivity contribution in [2.24, 2.45) is 0 Å². The summed E-state index contributed by atoms with van der Waals surface area (Å²) in [6, 6.07) is 8.59. The van der Waals surface area contributed by atoms with Gasteiger partial charge < -0.3 is 10.2 Å². The number of nitrogens with zero attached hydrogens (tertiary/aromatic N) is 1. The van der Waals surface area contributed by atoms with Crippen LogP contribution in [-0.4, -0.2) is 38.0 Å². The van der Waals surface area contributed by atoms with Crippen molar-refractivity contribution in [3.63, 3.8) is 0 Å². The van der Waals surface area contributed by atoms with E-state index in [9.17, 15) is 4.79 Å². The second kappa shape index (κ2) is 9.78. The molecule has 0 spiro atoms. The number of hydrogen-bond acceptors (Lipinski definition) is 2. The lowest BCUT2D eigenvalue weighted by Gasteiger charge is -2.16. The van der Waals surface area contributed by atoms with Crippen LogP contribution in [0.1, 0.15) is 37.3 Å². The molecule has 0 aliphatic carbocycles. The molecule has 0 radical (unpaired) electrons. The highest BCUT2D eigenvalue weighted by Crippen LogP contribution is 2.15. The van der Waals surface area contributed by atoms with Crippen LogP contribution in [0, 0.1) is 0 Å². The standard InChI is InChI=1S/C16H26N2O.ClH/c1-13(2)15-8-5-14(6-9-15)7-10-16(19)18(4)12-11-17-3;/h5-6,8-9,13,17H,7,10-12H2,1-4H3;1H. The van der Waals surface area contributed by atoms with Gasteiger partial charge in [0.05, 0.1) is 0 Å². The Morgan fingerprint density at radius 3 is 2.35 bits per heavy atom. The van der Waals surface area contributed by atoms with Crippen LogP contribution < -0.4 is 5.32 Å². The lowest BCUT2D eigenvalue weighted by Crippen LogP contribution is -2.32. The van der Waals surface area contributed by atoms with Crippen LogP contribution in [0.3, 0.4) is 0 Å². The molecule has 0 saturated carbocycles. The molecule has 0 unspecified atom stereocenters. The molecular formula is C16H27ClN2O. The van der Waals surface area contributed by atoms with Gasteiger partial charge in [0.1, 0.15) is 0 Å². The van der Waals surface area contributed by atoms with Crippen molar-refractivity contribution in [3.05, 3.63) is 35.4 Å². The van der Waals surface area contributed by atoms with Gasteiger partial charge in [0.2, 0.25) is 5.91 Å². The Kier molecular flexibility index (Phi) is 9.26. The third kappa shape index (κ3) is 6.40. The van der Waals surface area contributed by atoms with E-state index in [1.165, 1.54) is 11.1 Å². The fraction of sp³-hybridized carbons (Fsp3) is 0.562. The van der Waals surface area contributed by atoms with E-state index < -0.39 is 0 Å². The van der Waals surface area contributed by atoms with Gasteiger partial charge in [-0.2, -0.15) is 0 Å². The first-order chi connectivity index (χ1) is 9.04. The molecule has 4 heteroatoms. The van der Waals surface area contributed by atoms with Crippen molar-refractivity contribution in [2.75, 3.05) is 27.2 Å². The Balaban J connectivity index is 0.00000361. The average Bonchev–Trinajstić information content (AvgIpc) is 2.42.